The van der Waals surface area contributed by atoms with Crippen LogP contribution in [-0.4, -0.2) is 9.91 Å². The summed E-state index contributed by atoms with van der Waals surface area (Å²) in [4.78, 5) is 13.8. The molecule has 2 aromatic rings. The summed E-state index contributed by atoms with van der Waals surface area (Å²) < 4.78 is 19.0. The van der Waals surface area contributed by atoms with E-state index in [1.54, 1.807) is 0 Å². The van der Waals surface area contributed by atoms with Crippen LogP contribution in [0.2, 0.25) is 0 Å². The molecule has 1 aromatic carbocycles. The Bertz CT molecular complexity index is 646. The molecule has 1 aromatic heterocycles. The van der Waals surface area contributed by atoms with Gasteiger partial charge in [-0.2, -0.15) is 0 Å². The Labute approximate surface area is 107 Å². The molecule has 0 aliphatic carbocycles. The highest BCUT2D eigenvalue weighted by molar-refractivity contribution is 5.53. The second-order valence-corrected chi connectivity index (χ2v) is 3.84. The van der Waals surface area contributed by atoms with E-state index in [0.717, 1.165) is 6.07 Å². The second kappa shape index (κ2) is 4.89. The lowest BCUT2D eigenvalue weighted by Gasteiger charge is -2.09. The van der Waals surface area contributed by atoms with E-state index in [9.17, 15) is 14.5 Å². The summed E-state index contributed by atoms with van der Waals surface area (Å²) in [5.74, 6) is -0.711. The van der Waals surface area contributed by atoms with E-state index < -0.39 is 10.7 Å². The van der Waals surface area contributed by atoms with Gasteiger partial charge in [0.25, 0.3) is 5.69 Å². The van der Waals surface area contributed by atoms with Crippen LogP contribution in [-0.2, 0) is 0 Å². The normalized spacial score (nSPS) is 10.2. The summed E-state index contributed by atoms with van der Waals surface area (Å²) in [7, 11) is 0. The molecule has 19 heavy (non-hydrogen) atoms. The van der Waals surface area contributed by atoms with Crippen LogP contribution in [0.15, 0.2) is 30.6 Å². The smallest absolute Gasteiger partial charge is 0.275 e. The Morgan fingerprint density at radius 3 is 2.79 bits per heavy atom. The fraction of sp³-hybridized carbons (Fsp3) is 0.0833. The second-order valence-electron chi connectivity index (χ2n) is 3.84. The molecule has 0 radical (unpaired) electrons. The molecule has 0 amide bonds. The van der Waals surface area contributed by atoms with Gasteiger partial charge < -0.3 is 10.5 Å². The van der Waals surface area contributed by atoms with Crippen molar-refractivity contribution in [3.63, 3.8) is 0 Å². The van der Waals surface area contributed by atoms with Crippen molar-refractivity contribution in [2.75, 3.05) is 5.73 Å². The van der Waals surface area contributed by atoms with E-state index in [4.69, 9.17) is 10.5 Å². The van der Waals surface area contributed by atoms with Crippen LogP contribution >= 0.6 is 0 Å². The van der Waals surface area contributed by atoms with E-state index in [1.165, 1.54) is 31.5 Å². The number of nitrogens with zero attached hydrogens (tertiary/aromatic N) is 2. The number of benzene rings is 1. The standard InChI is InChI=1S/C12H10FN3O3/c1-7-4-12(8(13)5-10(7)16(17)18)19-11-2-3-15-6-9(11)14/h2-6H,14H2,1H3. The predicted molar refractivity (Wildman–Crippen MR) is 66.5 cm³/mol. The van der Waals surface area contributed by atoms with Crippen LogP contribution in [0.4, 0.5) is 15.8 Å². The fourth-order valence-corrected chi connectivity index (χ4v) is 1.52. The van der Waals surface area contributed by atoms with Gasteiger partial charge in [0.2, 0.25) is 0 Å². The Balaban J connectivity index is 2.39. The monoisotopic (exact) mass is 263 g/mol. The Kier molecular flexibility index (Phi) is 3.28. The van der Waals surface area contributed by atoms with Crippen molar-refractivity contribution in [1.29, 1.82) is 0 Å². The Morgan fingerprint density at radius 1 is 1.42 bits per heavy atom. The van der Waals surface area contributed by atoms with Gasteiger partial charge in [-0.1, -0.05) is 0 Å². The number of halogens is 1. The molecule has 2 N–H and O–H groups in total. The van der Waals surface area contributed by atoms with Gasteiger partial charge in [0.1, 0.15) is 0 Å². The molecule has 0 aliphatic heterocycles. The predicted octanol–water partition coefficient (Wildman–Crippen LogP) is 2.81. The molecule has 98 valence electrons. The number of nitrogens with two attached hydrogens (primary N) is 1. The van der Waals surface area contributed by atoms with Crippen molar-refractivity contribution in [3.8, 4) is 11.5 Å². The number of aromatic nitrogens is 1. The molecule has 1 heterocycles. The van der Waals surface area contributed by atoms with Gasteiger partial charge in [-0.05, 0) is 13.0 Å². The van der Waals surface area contributed by atoms with Crippen LogP contribution < -0.4 is 10.5 Å². The summed E-state index contributed by atoms with van der Waals surface area (Å²) in [5, 5.41) is 10.7. The molecule has 7 heteroatoms. The first-order valence-corrected chi connectivity index (χ1v) is 5.31. The van der Waals surface area contributed by atoms with Gasteiger partial charge in [-0.15, -0.1) is 0 Å². The molecule has 0 aliphatic rings. The number of nitrogen functional groups attached to an aromatic ring is 1. The third kappa shape index (κ3) is 2.59. The molecule has 6 nitrogen and oxygen atoms in total. The van der Waals surface area contributed by atoms with Gasteiger partial charge in [0.15, 0.2) is 17.3 Å². The lowest BCUT2D eigenvalue weighted by atomic mass is 10.2. The topological polar surface area (TPSA) is 91.3 Å². The average Bonchev–Trinajstić information content (AvgIpc) is 2.35. The lowest BCUT2D eigenvalue weighted by Crippen LogP contribution is -1.97. The highest BCUT2D eigenvalue weighted by Gasteiger charge is 2.17. The minimum atomic E-state index is -0.825. The van der Waals surface area contributed by atoms with Crippen molar-refractivity contribution in [1.82, 2.24) is 4.98 Å². The number of pyridine rings is 1. The highest BCUT2D eigenvalue weighted by Crippen LogP contribution is 2.32. The van der Waals surface area contributed by atoms with Crippen molar-refractivity contribution < 1.29 is 14.1 Å². The number of ether oxygens (including phenoxy) is 1. The molecule has 0 atom stereocenters. The highest BCUT2D eigenvalue weighted by atomic mass is 19.1. The summed E-state index contributed by atoms with van der Waals surface area (Å²) in [5.41, 5.74) is 5.87. The maximum atomic E-state index is 13.7. The fourth-order valence-electron chi connectivity index (χ4n) is 1.52. The summed E-state index contributed by atoms with van der Waals surface area (Å²) >= 11 is 0. The molecule has 0 fully saturated rings. The maximum Gasteiger partial charge on any atom is 0.275 e. The summed E-state index contributed by atoms with van der Waals surface area (Å²) in [6.45, 7) is 1.50. The van der Waals surface area contributed by atoms with Crippen LogP contribution in [0.5, 0.6) is 11.5 Å². The number of hydrogen-bond donors (Lipinski definition) is 1. The van der Waals surface area contributed by atoms with Gasteiger partial charge in [0.05, 0.1) is 22.9 Å². The number of nitro benzene ring substituents is 1. The Morgan fingerprint density at radius 2 is 2.16 bits per heavy atom. The lowest BCUT2D eigenvalue weighted by molar-refractivity contribution is -0.385. The first-order chi connectivity index (χ1) is 8.99. The molecule has 0 saturated heterocycles. The van der Waals surface area contributed by atoms with Crippen molar-refractivity contribution >= 4 is 11.4 Å². The molecular weight excluding hydrogens is 253 g/mol. The zero-order chi connectivity index (χ0) is 14.0. The van der Waals surface area contributed by atoms with Gasteiger partial charge in [-0.25, -0.2) is 4.39 Å². The van der Waals surface area contributed by atoms with Crippen LogP contribution in [0, 0.1) is 22.9 Å². The number of hydrogen-bond acceptors (Lipinski definition) is 5. The van der Waals surface area contributed by atoms with Crippen molar-refractivity contribution in [2.24, 2.45) is 0 Å². The Hall–Kier alpha value is -2.70. The zero-order valence-corrected chi connectivity index (χ0v) is 9.96. The van der Waals surface area contributed by atoms with Crippen LogP contribution in [0.25, 0.3) is 0 Å². The molecule has 0 bridgehead atoms. The van der Waals surface area contributed by atoms with E-state index >= 15 is 0 Å². The molecule has 2 rings (SSSR count). The molecule has 0 unspecified atom stereocenters. The molecule has 0 saturated carbocycles. The first-order valence-electron chi connectivity index (χ1n) is 5.31. The van der Waals surface area contributed by atoms with Gasteiger partial charge in [-0.3, -0.25) is 15.1 Å². The SMILES string of the molecule is Cc1cc(Oc2ccncc2N)c(F)cc1[N+](=O)[O-]. The van der Waals surface area contributed by atoms with Gasteiger partial charge >= 0.3 is 0 Å². The first kappa shape index (κ1) is 12.7. The number of nitro groups is 1. The van der Waals surface area contributed by atoms with E-state index in [2.05, 4.69) is 4.98 Å². The third-order valence-corrected chi connectivity index (χ3v) is 2.48. The van der Waals surface area contributed by atoms with E-state index in [-0.39, 0.29) is 22.9 Å². The number of anilines is 1. The van der Waals surface area contributed by atoms with Gasteiger partial charge in [0, 0.05) is 17.8 Å². The largest absolute Gasteiger partial charge is 0.452 e. The van der Waals surface area contributed by atoms with E-state index in [1.807, 2.05) is 0 Å². The summed E-state index contributed by atoms with van der Waals surface area (Å²) in [6.07, 6.45) is 2.81. The third-order valence-electron chi connectivity index (χ3n) is 2.48. The van der Waals surface area contributed by atoms with E-state index in [0.29, 0.717) is 5.56 Å². The minimum Gasteiger partial charge on any atom is -0.452 e. The van der Waals surface area contributed by atoms with Crippen molar-refractivity contribution in [3.05, 3.63) is 52.1 Å². The zero-order valence-electron chi connectivity index (χ0n) is 9.96. The summed E-state index contributed by atoms with van der Waals surface area (Å²) in [6, 6.07) is 3.56. The van der Waals surface area contributed by atoms with Crippen LogP contribution in [0.1, 0.15) is 5.56 Å². The minimum absolute atomic E-state index is 0.124. The number of rotatable bonds is 3. The number of aryl methyl sites for hydroxylation is 1. The molecular formula is C12H10FN3O3. The van der Waals surface area contributed by atoms with Crippen molar-refractivity contribution in [2.45, 2.75) is 6.92 Å². The molecule has 0 spiro atoms. The quantitative estimate of drug-likeness (QED) is 0.679. The maximum absolute atomic E-state index is 13.7. The van der Waals surface area contributed by atoms with Crippen LogP contribution in [0.3, 0.4) is 0 Å². The average molecular weight is 263 g/mol.